The molecule has 8 nitrogen and oxygen atoms in total. The number of halogens is 2. The van der Waals surface area contributed by atoms with Gasteiger partial charge >= 0.3 is 12.2 Å². The SMILES string of the molecule is COC(=O)N[C@H]1CCC[C@@H]1[C@](CN1CCC1)(c1cccc(F)c1)C1CCN(CC2(F)CN(C(=O)OC(C)(C)C)C2)CC1. The number of methoxy groups -OCH3 is 1. The first-order chi connectivity index (χ1) is 19.9. The van der Waals surface area contributed by atoms with E-state index < -0.39 is 23.5 Å². The molecule has 1 saturated carbocycles. The Morgan fingerprint density at radius 1 is 1.02 bits per heavy atom. The van der Waals surface area contributed by atoms with Gasteiger partial charge in [-0.25, -0.2) is 18.4 Å². The number of ether oxygens (including phenoxy) is 2. The molecule has 0 aromatic heterocycles. The molecule has 0 unspecified atom stereocenters. The molecular weight excluding hydrogens is 542 g/mol. The Bertz CT molecular complexity index is 1110. The van der Waals surface area contributed by atoms with Gasteiger partial charge in [-0.15, -0.1) is 0 Å². The monoisotopic (exact) mass is 590 g/mol. The smallest absolute Gasteiger partial charge is 0.410 e. The van der Waals surface area contributed by atoms with Gasteiger partial charge in [0.2, 0.25) is 0 Å². The van der Waals surface area contributed by atoms with Crippen molar-refractivity contribution in [2.24, 2.45) is 11.8 Å². The number of carbonyl (C=O) groups is 2. The lowest BCUT2D eigenvalue weighted by molar-refractivity contribution is -0.0698. The quantitative estimate of drug-likeness (QED) is 0.461. The van der Waals surface area contributed by atoms with Gasteiger partial charge in [0, 0.05) is 24.5 Å². The van der Waals surface area contributed by atoms with Crippen molar-refractivity contribution in [3.63, 3.8) is 0 Å². The minimum atomic E-state index is -1.44. The lowest BCUT2D eigenvalue weighted by Crippen LogP contribution is -2.66. The molecular formula is C32H48F2N4O4. The third kappa shape index (κ3) is 6.69. The summed E-state index contributed by atoms with van der Waals surface area (Å²) >= 11 is 0. The van der Waals surface area contributed by atoms with Gasteiger partial charge in [-0.05, 0) is 109 Å². The van der Waals surface area contributed by atoms with Crippen LogP contribution < -0.4 is 5.32 Å². The minimum absolute atomic E-state index is 0.0486. The molecule has 1 aliphatic carbocycles. The molecule has 0 bridgehead atoms. The van der Waals surface area contributed by atoms with E-state index in [-0.39, 0.29) is 48.7 Å². The van der Waals surface area contributed by atoms with Crippen molar-refractivity contribution in [2.75, 3.05) is 59.5 Å². The molecule has 0 spiro atoms. The van der Waals surface area contributed by atoms with E-state index in [0.29, 0.717) is 0 Å². The highest BCUT2D eigenvalue weighted by Gasteiger charge is 2.54. The maximum Gasteiger partial charge on any atom is 0.410 e. The Morgan fingerprint density at radius 3 is 2.33 bits per heavy atom. The summed E-state index contributed by atoms with van der Waals surface area (Å²) in [5.41, 5.74) is -1.40. The van der Waals surface area contributed by atoms with Crippen LogP contribution in [-0.4, -0.2) is 104 Å². The van der Waals surface area contributed by atoms with Crippen LogP contribution in [-0.2, 0) is 14.9 Å². The van der Waals surface area contributed by atoms with Gasteiger partial charge in [0.15, 0.2) is 5.67 Å². The summed E-state index contributed by atoms with van der Waals surface area (Å²) in [6.45, 7) is 10.2. The zero-order chi connectivity index (χ0) is 30.1. The molecule has 42 heavy (non-hydrogen) atoms. The van der Waals surface area contributed by atoms with E-state index in [1.807, 2.05) is 26.8 Å². The zero-order valence-electron chi connectivity index (χ0n) is 25.7. The molecule has 0 radical (unpaired) electrons. The molecule has 3 aliphatic heterocycles. The van der Waals surface area contributed by atoms with Crippen molar-refractivity contribution >= 4 is 12.2 Å². The van der Waals surface area contributed by atoms with Crippen molar-refractivity contribution < 1.29 is 27.8 Å². The number of alkyl halides is 1. The number of nitrogens with one attached hydrogen (secondary N) is 1. The average molecular weight is 591 g/mol. The lowest BCUT2D eigenvalue weighted by Gasteiger charge is -2.54. The molecule has 4 aliphatic rings. The first-order valence-electron chi connectivity index (χ1n) is 15.6. The van der Waals surface area contributed by atoms with Gasteiger partial charge in [-0.3, -0.25) is 4.90 Å². The Kier molecular flexibility index (Phi) is 9.05. The first-order valence-corrected chi connectivity index (χ1v) is 15.6. The molecule has 2 amide bonds. The predicted octanol–water partition coefficient (Wildman–Crippen LogP) is 4.96. The van der Waals surface area contributed by atoms with Crippen LogP contribution >= 0.6 is 0 Å². The number of rotatable bonds is 8. The van der Waals surface area contributed by atoms with Crippen LogP contribution in [0.15, 0.2) is 24.3 Å². The van der Waals surface area contributed by atoms with Crippen LogP contribution in [0.2, 0.25) is 0 Å². The van der Waals surface area contributed by atoms with Crippen LogP contribution in [0.4, 0.5) is 18.4 Å². The second-order valence-electron chi connectivity index (χ2n) is 14.0. The molecule has 3 saturated heterocycles. The van der Waals surface area contributed by atoms with Crippen LogP contribution in [0.1, 0.15) is 64.9 Å². The summed E-state index contributed by atoms with van der Waals surface area (Å²) in [5, 5.41) is 3.12. The largest absolute Gasteiger partial charge is 0.453 e. The second kappa shape index (κ2) is 12.3. The number of amides is 2. The summed E-state index contributed by atoms with van der Waals surface area (Å²) < 4.78 is 40.9. The maximum atomic E-state index is 15.7. The second-order valence-corrected chi connectivity index (χ2v) is 14.0. The number of hydrogen-bond donors (Lipinski definition) is 1. The highest BCUT2D eigenvalue weighted by molar-refractivity contribution is 5.69. The van der Waals surface area contributed by atoms with Crippen LogP contribution in [0.5, 0.6) is 0 Å². The van der Waals surface area contributed by atoms with E-state index in [9.17, 15) is 14.0 Å². The minimum Gasteiger partial charge on any atom is -0.453 e. The Balaban J connectivity index is 1.33. The number of likely N-dealkylation sites (tertiary alicyclic amines) is 3. The Labute approximate surface area is 249 Å². The van der Waals surface area contributed by atoms with Crippen LogP contribution in [0.25, 0.3) is 0 Å². The highest BCUT2D eigenvalue weighted by atomic mass is 19.1. The van der Waals surface area contributed by atoms with Crippen molar-refractivity contribution in [1.82, 2.24) is 20.0 Å². The fourth-order valence-electron chi connectivity index (χ4n) is 7.94. The number of benzene rings is 1. The fraction of sp³-hybridized carbons (Fsp3) is 0.750. The third-order valence-corrected chi connectivity index (χ3v) is 9.89. The van der Waals surface area contributed by atoms with E-state index in [2.05, 4.69) is 21.2 Å². The average Bonchev–Trinajstić information content (AvgIpc) is 3.34. The molecule has 5 rings (SSSR count). The highest BCUT2D eigenvalue weighted by Crippen LogP contribution is 2.51. The van der Waals surface area contributed by atoms with Gasteiger partial charge in [-0.1, -0.05) is 18.6 Å². The van der Waals surface area contributed by atoms with E-state index in [1.165, 1.54) is 18.1 Å². The molecule has 1 aromatic rings. The number of alkyl carbamates (subject to hydrolysis) is 1. The number of carbonyl (C=O) groups excluding carboxylic acids is 2. The summed E-state index contributed by atoms with van der Waals surface area (Å²) in [6.07, 6.45) is 4.80. The molecule has 1 aromatic carbocycles. The number of hydrogen-bond acceptors (Lipinski definition) is 6. The van der Waals surface area contributed by atoms with E-state index in [4.69, 9.17) is 9.47 Å². The Morgan fingerprint density at radius 2 is 1.74 bits per heavy atom. The molecule has 3 atom stereocenters. The van der Waals surface area contributed by atoms with E-state index in [0.717, 1.165) is 76.8 Å². The maximum absolute atomic E-state index is 15.7. The van der Waals surface area contributed by atoms with E-state index in [1.54, 1.807) is 6.07 Å². The predicted molar refractivity (Wildman–Crippen MR) is 157 cm³/mol. The fourth-order valence-corrected chi connectivity index (χ4v) is 7.94. The molecule has 1 N–H and O–H groups in total. The molecule has 10 heteroatoms. The van der Waals surface area contributed by atoms with Crippen molar-refractivity contribution in [3.8, 4) is 0 Å². The first kappa shape index (κ1) is 31.0. The topological polar surface area (TPSA) is 74.4 Å². The normalized spacial score (nSPS) is 26.6. The van der Waals surface area contributed by atoms with Gasteiger partial charge in [-0.2, -0.15) is 0 Å². The van der Waals surface area contributed by atoms with Gasteiger partial charge < -0.3 is 24.6 Å². The van der Waals surface area contributed by atoms with Crippen LogP contribution in [0.3, 0.4) is 0 Å². The van der Waals surface area contributed by atoms with E-state index >= 15 is 4.39 Å². The van der Waals surface area contributed by atoms with Gasteiger partial charge in [0.05, 0.1) is 20.2 Å². The number of nitrogens with zero attached hydrogens (tertiary/aromatic N) is 3. The summed E-state index contributed by atoms with van der Waals surface area (Å²) in [5.74, 6) is 0.140. The summed E-state index contributed by atoms with van der Waals surface area (Å²) in [4.78, 5) is 30.8. The summed E-state index contributed by atoms with van der Waals surface area (Å²) in [6, 6.07) is 7.03. The van der Waals surface area contributed by atoms with Crippen LogP contribution in [0, 0.1) is 17.7 Å². The third-order valence-electron chi connectivity index (χ3n) is 9.89. The van der Waals surface area contributed by atoms with Crippen molar-refractivity contribution in [2.45, 2.75) is 82.0 Å². The van der Waals surface area contributed by atoms with Crippen molar-refractivity contribution in [1.29, 1.82) is 0 Å². The van der Waals surface area contributed by atoms with Gasteiger partial charge in [0.25, 0.3) is 0 Å². The zero-order valence-corrected chi connectivity index (χ0v) is 25.7. The lowest BCUT2D eigenvalue weighted by atomic mass is 9.57. The standard InChI is InChI=1S/C32H48F2N4O4/c1-30(2,3)42-29(40)38-20-31(34,21-38)19-37-16-12-23(13-17-37)32(22-36-14-7-15-36,24-8-5-9-25(33)18-24)26-10-6-11-27(26)35-28(39)41-4/h5,8-9,18,23,26-27H,6-7,10-17,19-22H2,1-4H3,(H,35,39)/t26-,27-,32-/m0/s1. The molecule has 3 heterocycles. The molecule has 4 fully saturated rings. The van der Waals surface area contributed by atoms with Gasteiger partial charge in [0.1, 0.15) is 11.4 Å². The molecule has 234 valence electrons. The number of piperidine rings is 1. The summed E-state index contributed by atoms with van der Waals surface area (Å²) in [7, 11) is 1.39. The Hall–Kier alpha value is -2.46. The van der Waals surface area contributed by atoms with Crippen molar-refractivity contribution in [3.05, 3.63) is 35.6 Å².